The van der Waals surface area contributed by atoms with Gasteiger partial charge in [0.15, 0.2) is 0 Å². The van der Waals surface area contributed by atoms with Crippen LogP contribution in [0.15, 0.2) is 53.4 Å². The van der Waals surface area contributed by atoms with Crippen molar-refractivity contribution in [3.63, 3.8) is 0 Å². The number of hydrogen-bond acceptors (Lipinski definition) is 5. The Labute approximate surface area is 194 Å². The number of para-hydroxylation sites is 1. The lowest BCUT2D eigenvalue weighted by Gasteiger charge is -2.36. The Bertz CT molecular complexity index is 1030. The zero-order chi connectivity index (χ0) is 22.0. The molecule has 3 amide bonds. The maximum atomic E-state index is 12.8. The zero-order valence-electron chi connectivity index (χ0n) is 16.5. The van der Waals surface area contributed by atoms with Gasteiger partial charge in [-0.3, -0.25) is 19.3 Å². The van der Waals surface area contributed by atoms with Gasteiger partial charge >= 0.3 is 0 Å². The largest absolute Gasteiger partial charge is 0.368 e. The smallest absolute Gasteiger partial charge is 0.294 e. The van der Waals surface area contributed by atoms with Crippen LogP contribution in [0.5, 0.6) is 0 Å². The van der Waals surface area contributed by atoms with Crippen molar-refractivity contribution < 1.29 is 14.4 Å². The third kappa shape index (κ3) is 4.74. The Hall–Kier alpha value is -2.48. The Kier molecular flexibility index (Phi) is 6.55. The molecule has 0 atom stereocenters. The van der Waals surface area contributed by atoms with E-state index in [0.29, 0.717) is 41.8 Å². The number of imide groups is 1. The van der Waals surface area contributed by atoms with Crippen molar-refractivity contribution in [3.8, 4) is 0 Å². The van der Waals surface area contributed by atoms with Gasteiger partial charge in [0.2, 0.25) is 5.91 Å². The minimum atomic E-state index is -0.512. The molecule has 0 unspecified atom stereocenters. The number of hydrogen-bond donors (Lipinski definition) is 0. The minimum Gasteiger partial charge on any atom is -0.368 e. The van der Waals surface area contributed by atoms with Crippen LogP contribution in [-0.4, -0.2) is 59.6 Å². The Morgan fingerprint density at radius 2 is 1.58 bits per heavy atom. The fourth-order valence-electron chi connectivity index (χ4n) is 3.50. The van der Waals surface area contributed by atoms with Gasteiger partial charge in [0, 0.05) is 47.5 Å². The highest BCUT2D eigenvalue weighted by Gasteiger charge is 2.37. The average molecular weight is 476 g/mol. The summed E-state index contributed by atoms with van der Waals surface area (Å²) in [5.41, 5.74) is 1.59. The molecule has 0 aliphatic carbocycles. The lowest BCUT2D eigenvalue weighted by Crippen LogP contribution is -2.51. The molecule has 6 nitrogen and oxygen atoms in total. The van der Waals surface area contributed by atoms with Crippen molar-refractivity contribution in [2.45, 2.75) is 0 Å². The molecule has 2 saturated heterocycles. The highest BCUT2D eigenvalue weighted by atomic mass is 35.5. The topological polar surface area (TPSA) is 60.9 Å². The van der Waals surface area contributed by atoms with Crippen LogP contribution in [0.4, 0.5) is 10.5 Å². The predicted octanol–water partition coefficient (Wildman–Crippen LogP) is 4.38. The van der Waals surface area contributed by atoms with Crippen LogP contribution >= 0.6 is 35.0 Å². The van der Waals surface area contributed by atoms with E-state index < -0.39 is 11.1 Å². The summed E-state index contributed by atoms with van der Waals surface area (Å²) in [5.74, 6) is -0.755. The number of halogens is 2. The Morgan fingerprint density at radius 1 is 0.935 bits per heavy atom. The molecular formula is C22H19Cl2N3O3S. The third-order valence-corrected chi connectivity index (χ3v) is 6.76. The van der Waals surface area contributed by atoms with Gasteiger partial charge in [-0.15, -0.1) is 0 Å². The Balaban J connectivity index is 1.39. The molecule has 160 valence electrons. The second kappa shape index (κ2) is 9.34. The molecule has 2 aliphatic rings. The number of anilines is 1. The molecule has 0 spiro atoms. The van der Waals surface area contributed by atoms with Crippen molar-refractivity contribution in [2.24, 2.45) is 0 Å². The van der Waals surface area contributed by atoms with Crippen molar-refractivity contribution in [2.75, 3.05) is 37.6 Å². The molecule has 0 bridgehead atoms. The van der Waals surface area contributed by atoms with Crippen LogP contribution in [-0.2, 0) is 9.59 Å². The zero-order valence-corrected chi connectivity index (χ0v) is 18.8. The van der Waals surface area contributed by atoms with E-state index >= 15 is 0 Å². The second-order valence-electron chi connectivity index (χ2n) is 7.11. The molecule has 0 saturated carbocycles. The van der Waals surface area contributed by atoms with E-state index in [-0.39, 0.29) is 17.4 Å². The molecule has 31 heavy (non-hydrogen) atoms. The minimum absolute atomic E-state index is 0.196. The van der Waals surface area contributed by atoms with E-state index in [1.165, 1.54) is 6.08 Å². The van der Waals surface area contributed by atoms with Crippen molar-refractivity contribution in [1.29, 1.82) is 0 Å². The van der Waals surface area contributed by atoms with E-state index in [0.717, 1.165) is 22.3 Å². The van der Waals surface area contributed by atoms with Gasteiger partial charge in [-0.1, -0.05) is 47.5 Å². The number of carbonyl (C=O) groups excluding carboxylic acids is 3. The van der Waals surface area contributed by atoms with E-state index in [1.54, 1.807) is 23.1 Å². The molecule has 0 radical (unpaired) electrons. The summed E-state index contributed by atoms with van der Waals surface area (Å²) in [6.07, 6.45) is 1.50. The van der Waals surface area contributed by atoms with Gasteiger partial charge in [-0.05, 0) is 42.1 Å². The monoisotopic (exact) mass is 475 g/mol. The first kappa shape index (κ1) is 21.7. The summed E-state index contributed by atoms with van der Waals surface area (Å²) in [6.45, 7) is 2.19. The molecule has 0 N–H and O–H groups in total. The summed E-state index contributed by atoms with van der Waals surface area (Å²) in [5, 5.41) is 0.286. The van der Waals surface area contributed by atoms with Crippen LogP contribution in [0.2, 0.25) is 10.0 Å². The normalized spacial score (nSPS) is 18.3. The van der Waals surface area contributed by atoms with Gasteiger partial charge < -0.3 is 9.80 Å². The molecular weight excluding hydrogens is 457 g/mol. The molecule has 9 heteroatoms. The van der Waals surface area contributed by atoms with Crippen LogP contribution in [0.1, 0.15) is 5.56 Å². The molecule has 0 aromatic heterocycles. The lowest BCUT2D eigenvalue weighted by atomic mass is 10.2. The van der Waals surface area contributed by atoms with E-state index in [1.807, 2.05) is 30.3 Å². The highest BCUT2D eigenvalue weighted by molar-refractivity contribution is 8.18. The maximum absolute atomic E-state index is 12.8. The molecule has 4 rings (SSSR count). The summed E-state index contributed by atoms with van der Waals surface area (Å²) >= 11 is 13.1. The first-order chi connectivity index (χ1) is 14.9. The summed E-state index contributed by atoms with van der Waals surface area (Å²) in [6, 6.07) is 15.0. The number of benzene rings is 2. The fraction of sp³-hybridized carbons (Fsp3) is 0.227. The standard InChI is InChI=1S/C22H19Cl2N3O3S/c23-17-7-4-8-18(24)16(17)13-19-21(29)27(22(30)31-19)14-20(28)26-11-9-25(10-12-26)15-5-2-1-3-6-15/h1-8,13H,9-12,14H2/b19-13+. The number of nitrogens with zero attached hydrogens (tertiary/aromatic N) is 3. The molecule has 2 aliphatic heterocycles. The van der Waals surface area contributed by atoms with Gasteiger partial charge in [0.25, 0.3) is 11.1 Å². The number of thioether (sulfide) groups is 1. The van der Waals surface area contributed by atoms with Gasteiger partial charge in [0.05, 0.1) is 4.91 Å². The molecule has 2 heterocycles. The molecule has 2 aromatic rings. The summed E-state index contributed by atoms with van der Waals surface area (Å²) in [7, 11) is 0. The summed E-state index contributed by atoms with van der Waals surface area (Å²) in [4.78, 5) is 43.0. The predicted molar refractivity (Wildman–Crippen MR) is 124 cm³/mol. The second-order valence-corrected chi connectivity index (χ2v) is 8.91. The number of piperazine rings is 1. The van der Waals surface area contributed by atoms with Crippen LogP contribution in [0, 0.1) is 0 Å². The van der Waals surface area contributed by atoms with Crippen LogP contribution < -0.4 is 4.90 Å². The van der Waals surface area contributed by atoms with Crippen molar-refractivity contribution >= 4 is 63.8 Å². The van der Waals surface area contributed by atoms with Crippen LogP contribution in [0.3, 0.4) is 0 Å². The quantitative estimate of drug-likeness (QED) is 0.614. The first-order valence-corrected chi connectivity index (χ1v) is 11.3. The highest BCUT2D eigenvalue weighted by Crippen LogP contribution is 2.35. The SMILES string of the molecule is O=C(CN1C(=O)S/C(=C/c2c(Cl)cccc2Cl)C1=O)N1CCN(c2ccccc2)CC1. The van der Waals surface area contributed by atoms with E-state index in [4.69, 9.17) is 23.2 Å². The maximum Gasteiger partial charge on any atom is 0.294 e. The number of amides is 3. The van der Waals surface area contributed by atoms with Gasteiger partial charge in [-0.2, -0.15) is 0 Å². The number of carbonyl (C=O) groups is 3. The fourth-order valence-corrected chi connectivity index (χ4v) is 4.83. The third-order valence-electron chi connectivity index (χ3n) is 5.20. The lowest BCUT2D eigenvalue weighted by molar-refractivity contribution is -0.136. The summed E-state index contributed by atoms with van der Waals surface area (Å²) < 4.78 is 0. The molecule has 2 fully saturated rings. The van der Waals surface area contributed by atoms with E-state index in [2.05, 4.69) is 4.90 Å². The van der Waals surface area contributed by atoms with Gasteiger partial charge in [-0.25, -0.2) is 0 Å². The van der Waals surface area contributed by atoms with E-state index in [9.17, 15) is 14.4 Å². The number of rotatable bonds is 4. The first-order valence-electron chi connectivity index (χ1n) is 9.71. The van der Waals surface area contributed by atoms with Gasteiger partial charge in [0.1, 0.15) is 6.54 Å². The van der Waals surface area contributed by atoms with Crippen molar-refractivity contribution in [1.82, 2.24) is 9.80 Å². The Morgan fingerprint density at radius 3 is 2.23 bits per heavy atom. The van der Waals surface area contributed by atoms with Crippen LogP contribution in [0.25, 0.3) is 6.08 Å². The average Bonchev–Trinajstić information content (AvgIpc) is 3.04. The molecule has 2 aromatic carbocycles. The van der Waals surface area contributed by atoms with Crippen molar-refractivity contribution in [3.05, 3.63) is 69.0 Å².